The second-order valence-electron chi connectivity index (χ2n) is 4.52. The summed E-state index contributed by atoms with van der Waals surface area (Å²) in [6.45, 7) is 4.86. The van der Waals surface area contributed by atoms with Crippen molar-refractivity contribution in [2.45, 2.75) is 25.7 Å². The standard InChI is InChI=1S/C13H15N3O3S2/c1-8-9(2)20(13(14)15-8)21(18,19)12-6-4-11(5-7-12)16-10(3)17/h4-7H,1-3H3,(H2-,14,15,16,17)/p+1. The van der Waals surface area contributed by atoms with Crippen molar-refractivity contribution in [3.8, 4) is 0 Å². The van der Waals surface area contributed by atoms with Gasteiger partial charge in [-0.2, -0.15) is 13.4 Å². The molecular weight excluding hydrogens is 310 g/mol. The zero-order valence-electron chi connectivity index (χ0n) is 11.9. The average molecular weight is 326 g/mol. The van der Waals surface area contributed by atoms with Gasteiger partial charge >= 0.3 is 14.0 Å². The van der Waals surface area contributed by atoms with Crippen LogP contribution in [-0.4, -0.2) is 19.3 Å². The van der Waals surface area contributed by atoms with Crippen LogP contribution in [-0.2, 0) is 13.7 Å². The van der Waals surface area contributed by atoms with Gasteiger partial charge in [-0.05, 0) is 31.2 Å². The number of nitrogens with zero attached hydrogens (tertiary/aromatic N) is 1. The summed E-state index contributed by atoms with van der Waals surface area (Å²) in [6.07, 6.45) is 0. The maximum atomic E-state index is 12.7. The molecule has 0 radical (unpaired) electrons. The molecule has 2 aromatic rings. The molecule has 0 bridgehead atoms. The van der Waals surface area contributed by atoms with Crippen molar-refractivity contribution in [1.82, 2.24) is 4.98 Å². The van der Waals surface area contributed by atoms with E-state index in [0.29, 0.717) is 16.3 Å². The molecule has 1 unspecified atom stereocenters. The number of carbonyl (C=O) groups excluding carboxylic acids is 1. The van der Waals surface area contributed by atoms with E-state index in [2.05, 4.69) is 10.3 Å². The van der Waals surface area contributed by atoms with E-state index in [1.165, 1.54) is 19.1 Å². The van der Waals surface area contributed by atoms with E-state index in [0.717, 1.165) is 0 Å². The van der Waals surface area contributed by atoms with E-state index in [4.69, 9.17) is 5.73 Å². The first-order valence-electron chi connectivity index (χ1n) is 6.12. The van der Waals surface area contributed by atoms with Crippen LogP contribution in [0.15, 0.2) is 29.2 Å². The summed E-state index contributed by atoms with van der Waals surface area (Å²) < 4.78 is 25.3. The molecular formula is C13H16N3O3S2+. The fraction of sp³-hybridized carbons (Fsp3) is 0.231. The largest absolute Gasteiger partial charge is 0.371 e. The number of anilines is 2. The molecule has 0 saturated carbocycles. The van der Waals surface area contributed by atoms with Gasteiger partial charge in [0.1, 0.15) is 10.6 Å². The Morgan fingerprint density at radius 2 is 1.81 bits per heavy atom. The summed E-state index contributed by atoms with van der Waals surface area (Å²) >= 11 is 0. The lowest BCUT2D eigenvalue weighted by Gasteiger charge is -2.02. The van der Waals surface area contributed by atoms with Crippen molar-refractivity contribution in [3.05, 3.63) is 34.8 Å². The van der Waals surface area contributed by atoms with E-state index in [1.807, 2.05) is 0 Å². The predicted molar refractivity (Wildman–Crippen MR) is 83.9 cm³/mol. The van der Waals surface area contributed by atoms with Crippen LogP contribution in [0.1, 0.15) is 17.5 Å². The third kappa shape index (κ3) is 2.91. The molecule has 1 aromatic carbocycles. The zero-order valence-corrected chi connectivity index (χ0v) is 13.5. The van der Waals surface area contributed by atoms with Crippen LogP contribution in [0.2, 0.25) is 0 Å². The predicted octanol–water partition coefficient (Wildman–Crippen LogP) is 2.23. The topological polar surface area (TPSA) is 102 Å². The summed E-state index contributed by atoms with van der Waals surface area (Å²) in [4.78, 5) is 15.8. The van der Waals surface area contributed by atoms with E-state index in [1.54, 1.807) is 26.0 Å². The molecule has 1 heterocycles. The molecule has 0 aliphatic carbocycles. The van der Waals surface area contributed by atoms with Crippen LogP contribution in [0.4, 0.5) is 10.8 Å². The van der Waals surface area contributed by atoms with Crippen molar-refractivity contribution in [1.29, 1.82) is 0 Å². The number of nitrogens with two attached hydrogens (primary N) is 1. The highest BCUT2D eigenvalue weighted by molar-refractivity contribution is 8.40. The quantitative estimate of drug-likeness (QED) is 0.665. The molecule has 6 nitrogen and oxygen atoms in total. The van der Waals surface area contributed by atoms with Crippen molar-refractivity contribution in [2.24, 2.45) is 0 Å². The molecule has 1 aromatic heterocycles. The van der Waals surface area contributed by atoms with Gasteiger partial charge in [-0.3, -0.25) is 4.79 Å². The van der Waals surface area contributed by atoms with Crippen LogP contribution < -0.4 is 11.1 Å². The van der Waals surface area contributed by atoms with Gasteiger partial charge in [-0.1, -0.05) is 0 Å². The minimum Gasteiger partial charge on any atom is -0.338 e. The van der Waals surface area contributed by atoms with Crippen molar-refractivity contribution < 1.29 is 13.2 Å². The number of hydrogen-bond acceptors (Lipinski definition) is 5. The molecule has 0 aliphatic heterocycles. The van der Waals surface area contributed by atoms with Gasteiger partial charge in [0.05, 0.1) is 0 Å². The number of carbonyl (C=O) groups is 1. The Labute approximate surface area is 125 Å². The molecule has 3 N–H and O–H groups in total. The number of nitrogens with one attached hydrogen (secondary N) is 1. The summed E-state index contributed by atoms with van der Waals surface area (Å²) in [5.74, 6) is -0.214. The Bertz CT molecular complexity index is 793. The Morgan fingerprint density at radius 3 is 2.24 bits per heavy atom. The summed E-state index contributed by atoms with van der Waals surface area (Å²) in [6, 6.07) is 6.02. The minimum absolute atomic E-state index is 0.121. The SMILES string of the molecule is CC(=O)Nc1ccc(S(=O)(=O)[s+]2c(N)nc(C)c2C)cc1. The molecule has 1 amide bonds. The molecule has 21 heavy (non-hydrogen) atoms. The first-order valence-corrected chi connectivity index (χ1v) is 9.35. The third-order valence-corrected chi connectivity index (χ3v) is 8.71. The molecule has 2 rings (SSSR count). The second-order valence-corrected chi connectivity index (χ2v) is 9.78. The summed E-state index contributed by atoms with van der Waals surface area (Å²) in [5, 5.41) is 2.71. The molecule has 0 spiro atoms. The number of rotatable bonds is 3. The number of aryl methyl sites for hydroxylation is 1. The highest BCUT2D eigenvalue weighted by Crippen LogP contribution is 2.42. The van der Waals surface area contributed by atoms with E-state index in [-0.39, 0.29) is 15.9 Å². The van der Waals surface area contributed by atoms with Crippen molar-refractivity contribution in [3.63, 3.8) is 0 Å². The number of benzene rings is 1. The maximum absolute atomic E-state index is 12.7. The number of thiazole rings is 1. The average Bonchev–Trinajstić information content (AvgIpc) is 2.63. The Morgan fingerprint density at radius 1 is 1.24 bits per heavy atom. The van der Waals surface area contributed by atoms with Crippen molar-refractivity contribution >= 4 is 35.1 Å². The molecule has 0 saturated heterocycles. The van der Waals surface area contributed by atoms with Crippen LogP contribution >= 0.6 is 9.50 Å². The smallest absolute Gasteiger partial charge is 0.338 e. The van der Waals surface area contributed by atoms with Crippen LogP contribution in [0.5, 0.6) is 0 Å². The fourth-order valence-electron chi connectivity index (χ4n) is 1.86. The van der Waals surface area contributed by atoms with Gasteiger partial charge in [-0.15, -0.1) is 0 Å². The number of nitrogen functional groups attached to an aromatic ring is 1. The van der Waals surface area contributed by atoms with E-state index in [9.17, 15) is 13.2 Å². The maximum Gasteiger partial charge on any atom is 0.371 e. The third-order valence-electron chi connectivity index (χ3n) is 2.94. The lowest BCUT2D eigenvalue weighted by molar-refractivity contribution is -0.114. The van der Waals surface area contributed by atoms with Crippen LogP contribution in [0, 0.1) is 13.8 Å². The first kappa shape index (κ1) is 15.5. The highest BCUT2D eigenvalue weighted by Gasteiger charge is 2.36. The Balaban J connectivity index is 2.47. The first-order chi connectivity index (χ1) is 9.73. The van der Waals surface area contributed by atoms with Crippen LogP contribution in [0.25, 0.3) is 0 Å². The van der Waals surface area contributed by atoms with E-state index >= 15 is 0 Å². The molecule has 0 aliphatic rings. The van der Waals surface area contributed by atoms with Gasteiger partial charge in [-0.25, -0.2) is 0 Å². The van der Waals surface area contributed by atoms with Gasteiger partial charge in [0.2, 0.25) is 5.91 Å². The van der Waals surface area contributed by atoms with Gasteiger partial charge < -0.3 is 11.1 Å². The van der Waals surface area contributed by atoms with Crippen LogP contribution in [0.3, 0.4) is 0 Å². The molecule has 1 atom stereocenters. The fourth-order valence-corrected chi connectivity index (χ4v) is 6.97. The lowest BCUT2D eigenvalue weighted by Crippen LogP contribution is -2.06. The van der Waals surface area contributed by atoms with Crippen molar-refractivity contribution in [2.75, 3.05) is 11.1 Å². The summed E-state index contributed by atoms with van der Waals surface area (Å²) in [5.41, 5.74) is 6.95. The van der Waals surface area contributed by atoms with Gasteiger partial charge in [0.15, 0.2) is 14.4 Å². The summed E-state index contributed by atoms with van der Waals surface area (Å²) in [7, 11) is -4.85. The minimum atomic E-state index is -3.61. The highest BCUT2D eigenvalue weighted by atomic mass is 33.2. The molecule has 112 valence electrons. The Hall–Kier alpha value is -1.93. The second kappa shape index (κ2) is 5.45. The Kier molecular flexibility index (Phi) is 4.02. The normalized spacial score (nSPS) is 12.2. The number of amides is 1. The van der Waals surface area contributed by atoms with E-state index < -0.39 is 18.4 Å². The number of hydrogen-bond donors (Lipinski definition) is 2. The lowest BCUT2D eigenvalue weighted by atomic mass is 10.3. The molecule has 0 fully saturated rings. The molecule has 8 heteroatoms. The zero-order chi connectivity index (χ0) is 15.8. The number of aromatic nitrogens is 1. The monoisotopic (exact) mass is 326 g/mol. The van der Waals surface area contributed by atoms with Gasteiger partial charge in [0.25, 0.3) is 0 Å². The van der Waals surface area contributed by atoms with Gasteiger partial charge in [0, 0.05) is 19.5 Å².